The number of hydrogen-bond acceptors (Lipinski definition) is 10. The zero-order valence-corrected chi connectivity index (χ0v) is 15.7. The van der Waals surface area contributed by atoms with Gasteiger partial charge in [0.25, 0.3) is 5.69 Å². The van der Waals surface area contributed by atoms with Gasteiger partial charge in [-0.25, -0.2) is 5.43 Å². The van der Waals surface area contributed by atoms with Crippen LogP contribution in [0.15, 0.2) is 53.6 Å². The predicted octanol–water partition coefficient (Wildman–Crippen LogP) is 3.02. The van der Waals surface area contributed by atoms with Crippen LogP contribution in [0, 0.1) is 10.1 Å². The maximum atomic E-state index is 11.0. The van der Waals surface area contributed by atoms with Crippen molar-refractivity contribution in [1.29, 1.82) is 0 Å². The summed E-state index contributed by atoms with van der Waals surface area (Å²) in [4.78, 5) is 23.2. The Balaban J connectivity index is 1.80. The molecule has 3 rings (SSSR count). The summed E-state index contributed by atoms with van der Waals surface area (Å²) in [6.45, 7) is 0. The van der Waals surface area contributed by atoms with Crippen molar-refractivity contribution >= 4 is 35.4 Å². The number of para-hydroxylation sites is 1. The third-order valence-corrected chi connectivity index (χ3v) is 3.68. The number of nitro groups is 1. The number of rotatable bonds is 8. The van der Waals surface area contributed by atoms with E-state index in [9.17, 15) is 10.1 Å². The minimum Gasteiger partial charge on any atom is -0.496 e. The molecule has 1 aromatic heterocycles. The molecule has 0 aliphatic rings. The van der Waals surface area contributed by atoms with Crippen molar-refractivity contribution in [2.24, 2.45) is 5.10 Å². The number of nitrogens with zero attached hydrogens (tertiary/aromatic N) is 5. The summed E-state index contributed by atoms with van der Waals surface area (Å²) in [7, 11) is 3.15. The van der Waals surface area contributed by atoms with Gasteiger partial charge in [-0.2, -0.15) is 20.1 Å². The van der Waals surface area contributed by atoms with Crippen LogP contribution in [0.2, 0.25) is 0 Å². The Bertz CT molecular complexity index is 1030. The Kier molecular flexibility index (Phi) is 6.10. The van der Waals surface area contributed by atoms with E-state index in [0.717, 1.165) is 5.69 Å². The summed E-state index contributed by atoms with van der Waals surface area (Å²) in [6.07, 6.45) is 1.39. The third kappa shape index (κ3) is 5.13. The highest BCUT2D eigenvalue weighted by Gasteiger charge is 2.10. The van der Waals surface area contributed by atoms with Gasteiger partial charge in [-0.05, 0) is 18.2 Å². The standard InChI is InChI=1S/C18H18N8O3/c1-19-16-22-17(21-13-6-4-3-5-7-13)24-18(23-16)25-20-11-12-10-14(26(27)28)8-9-15(12)29-2/h3-11H,1-2H3,(H3,19,21,22,23,24,25)/b20-11+. The lowest BCUT2D eigenvalue weighted by atomic mass is 10.2. The first-order chi connectivity index (χ1) is 14.1. The lowest BCUT2D eigenvalue weighted by molar-refractivity contribution is -0.384. The first-order valence-corrected chi connectivity index (χ1v) is 8.46. The second-order valence-corrected chi connectivity index (χ2v) is 5.60. The summed E-state index contributed by atoms with van der Waals surface area (Å²) >= 11 is 0. The molecule has 0 spiro atoms. The van der Waals surface area contributed by atoms with E-state index in [1.165, 1.54) is 31.5 Å². The molecule has 0 radical (unpaired) electrons. The summed E-state index contributed by atoms with van der Waals surface area (Å²) in [6, 6.07) is 13.7. The highest BCUT2D eigenvalue weighted by Crippen LogP contribution is 2.22. The number of nitro benzene ring substituents is 1. The molecule has 0 saturated heterocycles. The van der Waals surface area contributed by atoms with Gasteiger partial charge in [-0.1, -0.05) is 18.2 Å². The molecule has 11 heteroatoms. The van der Waals surface area contributed by atoms with E-state index in [4.69, 9.17) is 4.74 Å². The maximum absolute atomic E-state index is 11.0. The smallest absolute Gasteiger partial charge is 0.270 e. The molecule has 1 heterocycles. The maximum Gasteiger partial charge on any atom is 0.270 e. The number of anilines is 4. The lowest BCUT2D eigenvalue weighted by Crippen LogP contribution is -2.07. The van der Waals surface area contributed by atoms with E-state index in [0.29, 0.717) is 23.2 Å². The molecule has 29 heavy (non-hydrogen) atoms. The van der Waals surface area contributed by atoms with Gasteiger partial charge in [0.1, 0.15) is 5.75 Å². The van der Waals surface area contributed by atoms with Crippen molar-refractivity contribution in [3.8, 4) is 5.75 Å². The molecule has 3 N–H and O–H groups in total. The van der Waals surface area contributed by atoms with Crippen LogP contribution in [-0.4, -0.2) is 40.2 Å². The summed E-state index contributed by atoms with van der Waals surface area (Å²) in [5.74, 6) is 1.29. The Morgan fingerprint density at radius 3 is 2.48 bits per heavy atom. The summed E-state index contributed by atoms with van der Waals surface area (Å²) in [5.41, 5.74) is 3.87. The number of aromatic nitrogens is 3. The number of hydrogen-bond donors (Lipinski definition) is 3. The van der Waals surface area contributed by atoms with Gasteiger partial charge < -0.3 is 15.4 Å². The number of ether oxygens (including phenoxy) is 1. The first-order valence-electron chi connectivity index (χ1n) is 8.46. The first kappa shape index (κ1) is 19.5. The van der Waals surface area contributed by atoms with Crippen LogP contribution in [0.3, 0.4) is 0 Å². The molecule has 0 saturated carbocycles. The van der Waals surface area contributed by atoms with Crippen molar-refractivity contribution in [2.45, 2.75) is 0 Å². The average molecular weight is 394 g/mol. The number of hydrazone groups is 1. The molecule has 0 fully saturated rings. The zero-order valence-electron chi connectivity index (χ0n) is 15.7. The minimum absolute atomic E-state index is 0.0702. The van der Waals surface area contributed by atoms with Crippen molar-refractivity contribution in [1.82, 2.24) is 15.0 Å². The highest BCUT2D eigenvalue weighted by molar-refractivity contribution is 5.85. The average Bonchev–Trinajstić information content (AvgIpc) is 2.74. The number of methoxy groups -OCH3 is 1. The Morgan fingerprint density at radius 1 is 1.07 bits per heavy atom. The molecular weight excluding hydrogens is 376 g/mol. The molecular formula is C18H18N8O3. The van der Waals surface area contributed by atoms with Crippen LogP contribution in [0.1, 0.15) is 5.56 Å². The van der Waals surface area contributed by atoms with Crippen LogP contribution in [0.4, 0.5) is 29.2 Å². The quantitative estimate of drug-likeness (QED) is 0.299. The fraction of sp³-hybridized carbons (Fsp3) is 0.111. The monoisotopic (exact) mass is 394 g/mol. The van der Waals surface area contributed by atoms with Gasteiger partial charge in [-0.15, -0.1) is 0 Å². The lowest BCUT2D eigenvalue weighted by Gasteiger charge is -2.08. The second-order valence-electron chi connectivity index (χ2n) is 5.60. The van der Waals surface area contributed by atoms with E-state index >= 15 is 0 Å². The molecule has 0 aliphatic carbocycles. The Labute approximate surface area is 166 Å². The molecule has 0 unspecified atom stereocenters. The van der Waals surface area contributed by atoms with E-state index in [1.807, 2.05) is 30.3 Å². The minimum atomic E-state index is -0.489. The van der Waals surface area contributed by atoms with Gasteiger partial charge in [0.05, 0.1) is 18.2 Å². The van der Waals surface area contributed by atoms with E-state index < -0.39 is 4.92 Å². The van der Waals surface area contributed by atoms with Crippen molar-refractivity contribution in [2.75, 3.05) is 30.2 Å². The van der Waals surface area contributed by atoms with Gasteiger partial charge in [0, 0.05) is 30.4 Å². The molecule has 3 aromatic rings. The van der Waals surface area contributed by atoms with Crippen molar-refractivity contribution in [3.63, 3.8) is 0 Å². The fourth-order valence-corrected chi connectivity index (χ4v) is 2.34. The van der Waals surface area contributed by atoms with Gasteiger partial charge in [-0.3, -0.25) is 10.1 Å². The molecule has 11 nitrogen and oxygen atoms in total. The van der Waals surface area contributed by atoms with Crippen LogP contribution in [0.25, 0.3) is 0 Å². The molecule has 0 aliphatic heterocycles. The summed E-state index contributed by atoms with van der Waals surface area (Å²) < 4.78 is 5.20. The predicted molar refractivity (Wildman–Crippen MR) is 110 cm³/mol. The van der Waals surface area contributed by atoms with Gasteiger partial charge >= 0.3 is 0 Å². The molecule has 0 amide bonds. The van der Waals surface area contributed by atoms with Crippen LogP contribution in [0.5, 0.6) is 5.75 Å². The molecule has 0 atom stereocenters. The van der Waals surface area contributed by atoms with E-state index in [2.05, 4.69) is 36.1 Å². The second kappa shape index (κ2) is 9.08. The molecule has 148 valence electrons. The van der Waals surface area contributed by atoms with Crippen molar-refractivity contribution < 1.29 is 9.66 Å². The van der Waals surface area contributed by atoms with E-state index in [-0.39, 0.29) is 11.6 Å². The number of benzene rings is 2. The molecule has 2 aromatic carbocycles. The van der Waals surface area contributed by atoms with E-state index in [1.54, 1.807) is 7.05 Å². The fourth-order valence-electron chi connectivity index (χ4n) is 2.34. The normalized spacial score (nSPS) is 10.6. The van der Waals surface area contributed by atoms with Gasteiger partial charge in [0.2, 0.25) is 17.8 Å². The van der Waals surface area contributed by atoms with Crippen LogP contribution in [-0.2, 0) is 0 Å². The van der Waals surface area contributed by atoms with Gasteiger partial charge in [0.15, 0.2) is 0 Å². The number of non-ortho nitro benzene ring substituents is 1. The largest absolute Gasteiger partial charge is 0.496 e. The molecule has 0 bridgehead atoms. The Morgan fingerprint density at radius 2 is 1.79 bits per heavy atom. The van der Waals surface area contributed by atoms with Crippen LogP contribution < -0.4 is 20.8 Å². The zero-order chi connectivity index (χ0) is 20.6. The van der Waals surface area contributed by atoms with Crippen LogP contribution >= 0.6 is 0 Å². The SMILES string of the molecule is CNc1nc(N/N=C/c2cc([N+](=O)[O-])ccc2OC)nc(Nc2ccccc2)n1. The third-order valence-electron chi connectivity index (χ3n) is 3.68. The topological polar surface area (TPSA) is 139 Å². The Hall–Kier alpha value is -4.28. The van der Waals surface area contributed by atoms with Crippen molar-refractivity contribution in [3.05, 3.63) is 64.2 Å². The highest BCUT2D eigenvalue weighted by atomic mass is 16.6. The summed E-state index contributed by atoms with van der Waals surface area (Å²) in [5, 5.41) is 21.0. The number of nitrogens with one attached hydrogen (secondary N) is 3.